The molecule has 12 nitrogen and oxygen atoms in total. The van der Waals surface area contributed by atoms with Gasteiger partial charge in [0.25, 0.3) is 5.91 Å². The Labute approximate surface area is 274 Å². The van der Waals surface area contributed by atoms with Crippen LogP contribution < -0.4 is 20.2 Å². The molecule has 240 valence electrons. The van der Waals surface area contributed by atoms with Gasteiger partial charge in [-0.05, 0) is 87.5 Å². The lowest BCUT2D eigenvalue weighted by Gasteiger charge is -2.10. The first kappa shape index (κ1) is 32.5. The van der Waals surface area contributed by atoms with Gasteiger partial charge in [0.2, 0.25) is 5.75 Å². The van der Waals surface area contributed by atoms with Crippen molar-refractivity contribution in [3.8, 4) is 17.2 Å². The lowest BCUT2D eigenvalue weighted by atomic mass is 10.2. The second-order valence-electron chi connectivity index (χ2n) is 10.5. The number of aryl methyl sites for hydroxylation is 3. The average molecular weight is 656 g/mol. The molecule has 0 fully saturated rings. The largest absolute Gasteiger partial charge is 0.486 e. The molecule has 5 aromatic rings. The van der Waals surface area contributed by atoms with Crippen LogP contribution in [-0.4, -0.2) is 34.1 Å². The number of amides is 2. The molecule has 5 rings (SSSR count). The van der Waals surface area contributed by atoms with E-state index in [-0.39, 0.29) is 28.7 Å². The number of aromatic nitrogens is 1. The second-order valence-corrected chi connectivity index (χ2v) is 10.9. The zero-order valence-corrected chi connectivity index (χ0v) is 26.4. The number of carbonyl (C=O) groups excluding carboxylic acids is 2. The first-order valence-corrected chi connectivity index (χ1v) is 14.7. The Bertz CT molecular complexity index is 1930. The first-order chi connectivity index (χ1) is 22.6. The predicted molar refractivity (Wildman–Crippen MR) is 177 cm³/mol. The molecule has 2 N–H and O–H groups in total. The number of furan rings is 1. The van der Waals surface area contributed by atoms with Crippen LogP contribution in [0.2, 0.25) is 5.02 Å². The highest BCUT2D eigenvalue weighted by atomic mass is 35.5. The maximum absolute atomic E-state index is 12.6. The molecule has 2 amide bonds. The number of nitrogens with one attached hydrogen (secondary N) is 2. The summed E-state index contributed by atoms with van der Waals surface area (Å²) < 4.78 is 18.9. The van der Waals surface area contributed by atoms with Crippen LogP contribution in [0.4, 0.5) is 11.4 Å². The minimum atomic E-state index is -0.695. The quantitative estimate of drug-likeness (QED) is 0.0841. The monoisotopic (exact) mass is 655 g/mol. The Morgan fingerprint density at radius 1 is 0.957 bits per heavy atom. The second kappa shape index (κ2) is 14.5. The van der Waals surface area contributed by atoms with Crippen LogP contribution in [0.5, 0.6) is 11.5 Å². The van der Waals surface area contributed by atoms with Crippen molar-refractivity contribution >= 4 is 41.0 Å². The molecule has 0 atom stereocenters. The van der Waals surface area contributed by atoms with E-state index in [0.717, 1.165) is 28.7 Å². The van der Waals surface area contributed by atoms with Gasteiger partial charge in [-0.25, -0.2) is 5.43 Å². The zero-order chi connectivity index (χ0) is 33.5. The van der Waals surface area contributed by atoms with Gasteiger partial charge in [0, 0.05) is 34.4 Å². The van der Waals surface area contributed by atoms with E-state index in [9.17, 15) is 19.7 Å². The van der Waals surface area contributed by atoms with Crippen molar-refractivity contribution in [2.24, 2.45) is 5.10 Å². The Morgan fingerprint density at radius 3 is 2.34 bits per heavy atom. The van der Waals surface area contributed by atoms with E-state index in [1.54, 1.807) is 18.2 Å². The highest BCUT2D eigenvalue weighted by Gasteiger charge is 2.22. The van der Waals surface area contributed by atoms with Crippen LogP contribution in [0.1, 0.15) is 38.8 Å². The van der Waals surface area contributed by atoms with Crippen LogP contribution >= 0.6 is 11.6 Å². The molecule has 0 spiro atoms. The summed E-state index contributed by atoms with van der Waals surface area (Å²) in [6, 6.07) is 24.5. The molecular formula is C34H30ClN5O7. The SMILES string of the molecule is Cc1ccc(NC(=O)COc2c(Cl)cc(/C=N/NC(=O)c3ccc(COc4ccc(-n5c(C)ccc5C)cc4)o3)cc2[N+](=O)[O-])cc1. The molecule has 3 aromatic carbocycles. The number of hydrogen-bond acceptors (Lipinski definition) is 8. The molecule has 0 bridgehead atoms. The van der Waals surface area contributed by atoms with Crippen molar-refractivity contribution < 1.29 is 28.4 Å². The highest BCUT2D eigenvalue weighted by molar-refractivity contribution is 6.32. The normalized spacial score (nSPS) is 11.0. The van der Waals surface area contributed by atoms with Gasteiger partial charge in [0.05, 0.1) is 16.2 Å². The molecule has 2 heterocycles. The minimum absolute atomic E-state index is 0.00803. The number of nitrogens with zero attached hydrogens (tertiary/aromatic N) is 3. The number of ether oxygens (including phenoxy) is 2. The summed E-state index contributed by atoms with van der Waals surface area (Å²) in [6.07, 6.45) is 1.18. The number of carbonyl (C=O) groups is 2. The Balaban J connectivity index is 1.14. The molecular weight excluding hydrogens is 626 g/mol. The molecule has 2 aromatic heterocycles. The summed E-state index contributed by atoms with van der Waals surface area (Å²) in [5.74, 6) is -0.388. The van der Waals surface area contributed by atoms with Gasteiger partial charge < -0.3 is 23.8 Å². The van der Waals surface area contributed by atoms with E-state index < -0.39 is 29.0 Å². The number of nitro benzene ring substituents is 1. The Hall–Kier alpha value is -5.88. The standard InChI is InChI=1S/C34H30ClN5O7/c1-21-4-8-25(9-5-21)37-32(41)20-46-33-29(35)16-24(17-30(33)40(43)44)18-36-38-34(42)31-15-14-28(47-31)19-45-27-12-10-26(11-13-27)39-22(2)6-7-23(39)3/h4-18H,19-20H2,1-3H3,(H,37,41)(H,38,42)/b36-18+. The fourth-order valence-corrected chi connectivity index (χ4v) is 4.92. The van der Waals surface area contributed by atoms with Gasteiger partial charge in [-0.1, -0.05) is 29.3 Å². The summed E-state index contributed by atoms with van der Waals surface area (Å²) in [7, 11) is 0. The third-order valence-electron chi connectivity index (χ3n) is 6.94. The van der Waals surface area contributed by atoms with Crippen LogP contribution in [-0.2, 0) is 11.4 Å². The number of benzene rings is 3. The van der Waals surface area contributed by atoms with Crippen molar-refractivity contribution in [1.82, 2.24) is 9.99 Å². The topological polar surface area (TPSA) is 150 Å². The van der Waals surface area contributed by atoms with E-state index in [1.807, 2.05) is 57.2 Å². The minimum Gasteiger partial charge on any atom is -0.486 e. The summed E-state index contributed by atoms with van der Waals surface area (Å²) in [4.78, 5) is 35.9. The van der Waals surface area contributed by atoms with Crippen molar-refractivity contribution in [2.75, 3.05) is 11.9 Å². The third-order valence-corrected chi connectivity index (χ3v) is 7.22. The molecule has 13 heteroatoms. The van der Waals surface area contributed by atoms with Crippen LogP contribution in [0.3, 0.4) is 0 Å². The molecule has 0 saturated heterocycles. The highest BCUT2D eigenvalue weighted by Crippen LogP contribution is 2.36. The lowest BCUT2D eigenvalue weighted by Crippen LogP contribution is -2.20. The van der Waals surface area contributed by atoms with E-state index in [2.05, 4.69) is 32.5 Å². The van der Waals surface area contributed by atoms with Gasteiger partial charge in [-0.3, -0.25) is 19.7 Å². The number of hydrogen-bond donors (Lipinski definition) is 2. The van der Waals surface area contributed by atoms with Gasteiger partial charge in [-0.2, -0.15) is 5.10 Å². The van der Waals surface area contributed by atoms with E-state index in [0.29, 0.717) is 17.2 Å². The summed E-state index contributed by atoms with van der Waals surface area (Å²) in [6.45, 7) is 5.59. The Morgan fingerprint density at radius 2 is 1.66 bits per heavy atom. The van der Waals surface area contributed by atoms with Gasteiger partial charge in [0.1, 0.15) is 18.1 Å². The van der Waals surface area contributed by atoms with Gasteiger partial charge in [-0.15, -0.1) is 0 Å². The van der Waals surface area contributed by atoms with Crippen molar-refractivity contribution in [2.45, 2.75) is 27.4 Å². The van der Waals surface area contributed by atoms with Gasteiger partial charge >= 0.3 is 11.6 Å². The van der Waals surface area contributed by atoms with Crippen LogP contribution in [0.15, 0.2) is 94.4 Å². The summed E-state index contributed by atoms with van der Waals surface area (Å²) >= 11 is 6.26. The van der Waals surface area contributed by atoms with Gasteiger partial charge in [0.15, 0.2) is 12.4 Å². The predicted octanol–water partition coefficient (Wildman–Crippen LogP) is 6.92. The molecule has 0 radical (unpaired) electrons. The van der Waals surface area contributed by atoms with Crippen molar-refractivity contribution in [1.29, 1.82) is 0 Å². The molecule has 0 unspecified atom stereocenters. The molecule has 47 heavy (non-hydrogen) atoms. The lowest BCUT2D eigenvalue weighted by molar-refractivity contribution is -0.385. The number of rotatable bonds is 12. The molecule has 0 aliphatic carbocycles. The van der Waals surface area contributed by atoms with Crippen LogP contribution in [0.25, 0.3) is 5.69 Å². The summed E-state index contributed by atoms with van der Waals surface area (Å²) in [5.41, 5.74) is 6.90. The maximum atomic E-state index is 12.6. The number of anilines is 1. The molecule has 0 aliphatic heterocycles. The first-order valence-electron chi connectivity index (χ1n) is 14.3. The van der Waals surface area contributed by atoms with Crippen molar-refractivity contribution in [3.05, 3.63) is 134 Å². The molecule has 0 saturated carbocycles. The molecule has 0 aliphatic rings. The number of nitro groups is 1. The summed E-state index contributed by atoms with van der Waals surface area (Å²) in [5, 5.41) is 18.1. The number of hydrazone groups is 1. The van der Waals surface area contributed by atoms with E-state index in [4.69, 9.17) is 25.5 Å². The fraction of sp³-hybridized carbons (Fsp3) is 0.147. The third kappa shape index (κ3) is 8.24. The van der Waals surface area contributed by atoms with E-state index in [1.165, 1.54) is 18.3 Å². The maximum Gasteiger partial charge on any atom is 0.313 e. The fourth-order valence-electron chi connectivity index (χ4n) is 4.64. The Kier molecular flexibility index (Phi) is 10.0. The van der Waals surface area contributed by atoms with Crippen molar-refractivity contribution in [3.63, 3.8) is 0 Å². The zero-order valence-electron chi connectivity index (χ0n) is 25.7. The number of halogens is 1. The smallest absolute Gasteiger partial charge is 0.313 e. The van der Waals surface area contributed by atoms with E-state index >= 15 is 0 Å². The average Bonchev–Trinajstić information content (AvgIpc) is 3.66. The van der Waals surface area contributed by atoms with Crippen LogP contribution in [0, 0.1) is 30.9 Å².